The van der Waals surface area contributed by atoms with Gasteiger partial charge in [-0.1, -0.05) is 25.8 Å². The van der Waals surface area contributed by atoms with Crippen LogP contribution in [0.15, 0.2) is 12.6 Å². The first kappa shape index (κ1) is 19.2. The summed E-state index contributed by atoms with van der Waals surface area (Å²) in [7, 11) is -0.992. The molecule has 1 aliphatic heterocycles. The van der Waals surface area contributed by atoms with Gasteiger partial charge < -0.3 is 9.88 Å². The van der Waals surface area contributed by atoms with Crippen LogP contribution in [0, 0.1) is 12.8 Å². The van der Waals surface area contributed by atoms with Gasteiger partial charge in [-0.15, -0.1) is 0 Å². The highest BCUT2D eigenvalue weighted by Crippen LogP contribution is 2.36. The lowest BCUT2D eigenvalue weighted by atomic mass is 9.82. The maximum absolute atomic E-state index is 12.7. The van der Waals surface area contributed by atoms with E-state index in [-0.39, 0.29) is 23.5 Å². The Morgan fingerprint density at radius 1 is 1.15 bits per heavy atom. The Bertz CT molecular complexity index is 787. The summed E-state index contributed by atoms with van der Waals surface area (Å²) < 4.78 is 25.1. The van der Waals surface area contributed by atoms with Crippen LogP contribution in [0.1, 0.15) is 66.7 Å². The fourth-order valence-corrected chi connectivity index (χ4v) is 5.87. The molecule has 1 aliphatic carbocycles. The lowest BCUT2D eigenvalue weighted by Crippen LogP contribution is -2.41. The highest BCUT2D eigenvalue weighted by Gasteiger charge is 2.27. The van der Waals surface area contributed by atoms with E-state index in [4.69, 9.17) is 0 Å². The first-order valence-corrected chi connectivity index (χ1v) is 11.5. The molecular weight excluding hydrogens is 348 g/mol. The number of amides is 1. The summed E-state index contributed by atoms with van der Waals surface area (Å²) in [4.78, 5) is 12.7. The monoisotopic (exact) mass is 378 g/mol. The summed E-state index contributed by atoms with van der Waals surface area (Å²) in [6, 6.07) is 1.87. The predicted molar refractivity (Wildman–Crippen MR) is 105 cm³/mol. The lowest BCUT2D eigenvalue weighted by Gasteiger charge is -2.25. The number of hydrogen-bond donors (Lipinski definition) is 1. The van der Waals surface area contributed by atoms with Crippen molar-refractivity contribution in [3.05, 3.63) is 29.6 Å². The van der Waals surface area contributed by atoms with Crippen molar-refractivity contribution in [2.45, 2.75) is 57.9 Å². The van der Waals surface area contributed by atoms with E-state index < -0.39 is 9.84 Å². The molecule has 0 atom stereocenters. The Morgan fingerprint density at radius 3 is 2.38 bits per heavy atom. The Balaban J connectivity index is 1.72. The molecule has 0 unspecified atom stereocenters. The molecule has 6 heteroatoms. The molecule has 1 N–H and O–H groups in total. The highest BCUT2D eigenvalue weighted by molar-refractivity contribution is 7.91. The van der Waals surface area contributed by atoms with Crippen molar-refractivity contribution < 1.29 is 13.2 Å². The molecule has 1 saturated heterocycles. The van der Waals surface area contributed by atoms with Gasteiger partial charge >= 0.3 is 0 Å². The van der Waals surface area contributed by atoms with Gasteiger partial charge in [-0.3, -0.25) is 4.79 Å². The third-order valence-electron chi connectivity index (χ3n) is 5.95. The zero-order valence-corrected chi connectivity index (χ0v) is 16.7. The van der Waals surface area contributed by atoms with Gasteiger partial charge in [-0.2, -0.15) is 0 Å². The summed E-state index contributed by atoms with van der Waals surface area (Å²) in [5.41, 5.74) is 3.93. The van der Waals surface area contributed by atoms with Crippen LogP contribution in [0.25, 0.3) is 5.57 Å². The number of allylic oxidation sites excluding steroid dienone is 1. The number of aromatic nitrogens is 1. The predicted octanol–water partition coefficient (Wildman–Crippen LogP) is 3.23. The molecule has 5 nitrogen and oxygen atoms in total. The number of nitrogens with one attached hydrogen (secondary N) is 1. The molecule has 2 heterocycles. The van der Waals surface area contributed by atoms with Gasteiger partial charge in [-0.25, -0.2) is 8.42 Å². The number of rotatable bonds is 4. The van der Waals surface area contributed by atoms with E-state index in [2.05, 4.69) is 11.9 Å². The molecule has 0 spiro atoms. The molecule has 1 saturated carbocycles. The number of aryl methyl sites for hydroxylation is 1. The number of hydrogen-bond acceptors (Lipinski definition) is 3. The average molecular weight is 379 g/mol. The van der Waals surface area contributed by atoms with Gasteiger partial charge in [0.15, 0.2) is 0 Å². The molecule has 0 bridgehead atoms. The van der Waals surface area contributed by atoms with E-state index in [9.17, 15) is 13.2 Å². The minimum atomic E-state index is -2.92. The van der Waals surface area contributed by atoms with Crippen LogP contribution in [-0.4, -0.2) is 36.4 Å². The summed E-state index contributed by atoms with van der Waals surface area (Å²) in [5, 5.41) is 3.02. The quantitative estimate of drug-likeness (QED) is 0.874. The fraction of sp³-hybridized carbons (Fsp3) is 0.650. The van der Waals surface area contributed by atoms with Gasteiger partial charge in [0, 0.05) is 18.8 Å². The third-order valence-corrected chi connectivity index (χ3v) is 7.66. The van der Waals surface area contributed by atoms with Crippen LogP contribution in [-0.2, 0) is 16.9 Å². The maximum Gasteiger partial charge on any atom is 0.268 e. The second kappa shape index (κ2) is 7.59. The Labute approximate surface area is 156 Å². The maximum atomic E-state index is 12.7. The third kappa shape index (κ3) is 4.05. The first-order valence-electron chi connectivity index (χ1n) is 9.65. The lowest BCUT2D eigenvalue weighted by molar-refractivity contribution is 0.0926. The van der Waals surface area contributed by atoms with Crippen molar-refractivity contribution in [3.63, 3.8) is 0 Å². The summed E-state index contributed by atoms with van der Waals surface area (Å²) in [6.07, 6.45) is 7.18. The molecular formula is C20H30N2O3S. The summed E-state index contributed by atoms with van der Waals surface area (Å²) in [5.74, 6) is 0.708. The van der Waals surface area contributed by atoms with E-state index in [1.54, 1.807) is 0 Å². The zero-order valence-electron chi connectivity index (χ0n) is 15.9. The van der Waals surface area contributed by atoms with Crippen LogP contribution in [0.3, 0.4) is 0 Å². The molecule has 3 rings (SSSR count). The average Bonchev–Trinajstić information content (AvgIpc) is 2.91. The van der Waals surface area contributed by atoms with Crippen LogP contribution in [0.2, 0.25) is 0 Å². The van der Waals surface area contributed by atoms with Gasteiger partial charge in [0.2, 0.25) is 0 Å². The first-order chi connectivity index (χ1) is 12.3. The normalized spacial score (nSPS) is 21.5. The molecule has 2 fully saturated rings. The van der Waals surface area contributed by atoms with Crippen molar-refractivity contribution in [2.24, 2.45) is 13.0 Å². The van der Waals surface area contributed by atoms with Crippen molar-refractivity contribution in [1.82, 2.24) is 9.88 Å². The highest BCUT2D eigenvalue weighted by atomic mass is 32.2. The van der Waals surface area contributed by atoms with Crippen LogP contribution >= 0.6 is 0 Å². The van der Waals surface area contributed by atoms with Crippen molar-refractivity contribution in [1.29, 1.82) is 0 Å². The minimum Gasteiger partial charge on any atom is -0.348 e. The van der Waals surface area contributed by atoms with Crippen LogP contribution in [0.4, 0.5) is 0 Å². The van der Waals surface area contributed by atoms with Gasteiger partial charge in [0.1, 0.15) is 15.5 Å². The Hall–Kier alpha value is -1.56. The summed E-state index contributed by atoms with van der Waals surface area (Å²) in [6.45, 7) is 6.39. The smallest absolute Gasteiger partial charge is 0.268 e. The molecule has 0 radical (unpaired) electrons. The SMILES string of the molecule is C=C(c1c(C)cc(C(=O)NC2CCS(=O)(=O)CC2)n1C)C1CCCCC1. The van der Waals surface area contributed by atoms with Gasteiger partial charge in [-0.05, 0) is 55.7 Å². The van der Waals surface area contributed by atoms with Crippen LogP contribution < -0.4 is 5.32 Å². The van der Waals surface area contributed by atoms with E-state index >= 15 is 0 Å². The van der Waals surface area contributed by atoms with E-state index in [1.165, 1.54) is 32.1 Å². The Morgan fingerprint density at radius 2 is 1.77 bits per heavy atom. The second-order valence-corrected chi connectivity index (χ2v) is 10.2. The van der Waals surface area contributed by atoms with E-state index in [1.807, 2.05) is 24.6 Å². The number of carbonyl (C=O) groups excluding carboxylic acids is 1. The number of sulfone groups is 1. The number of nitrogens with zero attached hydrogens (tertiary/aromatic N) is 1. The van der Waals surface area contributed by atoms with Crippen LogP contribution in [0.5, 0.6) is 0 Å². The van der Waals surface area contributed by atoms with Crippen molar-refractivity contribution >= 4 is 21.3 Å². The molecule has 26 heavy (non-hydrogen) atoms. The van der Waals surface area contributed by atoms with E-state index in [0.717, 1.165) is 16.8 Å². The molecule has 1 aromatic rings. The van der Waals surface area contributed by atoms with Crippen molar-refractivity contribution in [3.8, 4) is 0 Å². The molecule has 144 valence electrons. The van der Waals surface area contributed by atoms with Gasteiger partial charge in [0.05, 0.1) is 11.5 Å². The van der Waals surface area contributed by atoms with Crippen molar-refractivity contribution in [2.75, 3.05) is 11.5 Å². The molecule has 0 aromatic carbocycles. The van der Waals surface area contributed by atoms with Gasteiger partial charge in [0.25, 0.3) is 5.91 Å². The standard InChI is InChI=1S/C20H30N2O3S/c1-14-13-18(20(23)21-17-9-11-26(24,25)12-10-17)22(3)19(14)15(2)16-7-5-4-6-8-16/h13,16-17H,2,4-12H2,1,3H3,(H,21,23). The molecule has 2 aliphatic rings. The molecule has 1 aromatic heterocycles. The Kier molecular flexibility index (Phi) is 5.61. The minimum absolute atomic E-state index is 0.0637. The summed E-state index contributed by atoms with van der Waals surface area (Å²) >= 11 is 0. The fourth-order valence-electron chi connectivity index (χ4n) is 4.38. The topological polar surface area (TPSA) is 68.2 Å². The zero-order chi connectivity index (χ0) is 18.9. The van der Waals surface area contributed by atoms with E-state index in [0.29, 0.717) is 24.5 Å². The number of carbonyl (C=O) groups is 1. The molecule has 1 amide bonds. The second-order valence-electron chi connectivity index (χ2n) is 7.88. The largest absolute Gasteiger partial charge is 0.348 e.